The predicted molar refractivity (Wildman–Crippen MR) is 84.4 cm³/mol. The fraction of sp³-hybridized carbons (Fsp3) is 0.562. The molecule has 0 aliphatic carbocycles. The highest BCUT2D eigenvalue weighted by Gasteiger charge is 2.03. The first-order valence-electron chi connectivity index (χ1n) is 7.43. The molecule has 0 bridgehead atoms. The topological polar surface area (TPSA) is 70.6 Å². The van der Waals surface area contributed by atoms with Gasteiger partial charge in [-0.2, -0.15) is 0 Å². The van der Waals surface area contributed by atoms with E-state index in [1.165, 1.54) is 0 Å². The molecule has 0 saturated carbocycles. The van der Waals surface area contributed by atoms with E-state index in [1.54, 1.807) is 31.2 Å². The van der Waals surface area contributed by atoms with Crippen molar-refractivity contribution in [2.75, 3.05) is 18.5 Å². The van der Waals surface area contributed by atoms with E-state index >= 15 is 0 Å². The Labute approximate surface area is 126 Å². The molecule has 5 heteroatoms. The first-order chi connectivity index (χ1) is 9.99. The Balaban J connectivity index is 2.18. The Bertz CT molecular complexity index is 416. The number of rotatable bonds is 8. The number of anilines is 1. The van der Waals surface area contributed by atoms with Crippen LogP contribution in [-0.4, -0.2) is 30.4 Å². The summed E-state index contributed by atoms with van der Waals surface area (Å²) in [5.41, 5.74) is 1.53. The first kappa shape index (κ1) is 17.5. The molecule has 0 fully saturated rings. The van der Waals surface area contributed by atoms with Crippen LogP contribution in [0.4, 0.5) is 10.5 Å². The summed E-state index contributed by atoms with van der Waals surface area (Å²) in [5, 5.41) is 15.0. The number of aliphatic hydroxyl groups is 1. The van der Waals surface area contributed by atoms with Gasteiger partial charge in [-0.05, 0) is 51.3 Å². The Morgan fingerprint density at radius 2 is 1.86 bits per heavy atom. The molecule has 5 nitrogen and oxygen atoms in total. The Morgan fingerprint density at radius 1 is 1.19 bits per heavy atom. The lowest BCUT2D eigenvalue weighted by molar-refractivity contribution is 0.0761. The number of urea groups is 1. The summed E-state index contributed by atoms with van der Waals surface area (Å²) in [7, 11) is 0. The van der Waals surface area contributed by atoms with Gasteiger partial charge in [0.05, 0.1) is 12.2 Å². The van der Waals surface area contributed by atoms with Crippen LogP contribution in [-0.2, 0) is 4.74 Å². The molecule has 0 saturated heterocycles. The normalized spacial score (nSPS) is 12.2. The molecule has 1 unspecified atom stereocenters. The van der Waals surface area contributed by atoms with Crippen molar-refractivity contribution in [1.82, 2.24) is 5.32 Å². The van der Waals surface area contributed by atoms with Crippen LogP contribution in [0.5, 0.6) is 0 Å². The molecule has 0 aliphatic rings. The lowest BCUT2D eigenvalue weighted by atomic mass is 10.1. The van der Waals surface area contributed by atoms with Gasteiger partial charge in [0.2, 0.25) is 0 Å². The van der Waals surface area contributed by atoms with E-state index in [9.17, 15) is 9.90 Å². The van der Waals surface area contributed by atoms with E-state index in [0.717, 1.165) is 25.0 Å². The van der Waals surface area contributed by atoms with Crippen LogP contribution in [0.15, 0.2) is 24.3 Å². The summed E-state index contributed by atoms with van der Waals surface area (Å²) >= 11 is 0. The lowest BCUT2D eigenvalue weighted by Crippen LogP contribution is -2.29. The van der Waals surface area contributed by atoms with Crippen molar-refractivity contribution in [3.8, 4) is 0 Å². The number of hydrogen-bond donors (Lipinski definition) is 3. The molecule has 0 spiro atoms. The van der Waals surface area contributed by atoms with Crippen LogP contribution in [0.3, 0.4) is 0 Å². The van der Waals surface area contributed by atoms with Gasteiger partial charge < -0.3 is 20.5 Å². The second kappa shape index (κ2) is 9.37. The number of ether oxygens (including phenoxy) is 1. The first-order valence-corrected chi connectivity index (χ1v) is 7.43. The van der Waals surface area contributed by atoms with Gasteiger partial charge in [0.1, 0.15) is 0 Å². The number of hydrogen-bond acceptors (Lipinski definition) is 3. The smallest absolute Gasteiger partial charge is 0.319 e. The molecular weight excluding hydrogens is 268 g/mol. The highest BCUT2D eigenvalue weighted by Crippen LogP contribution is 2.15. The van der Waals surface area contributed by atoms with Crippen molar-refractivity contribution in [2.24, 2.45) is 0 Å². The van der Waals surface area contributed by atoms with Crippen molar-refractivity contribution >= 4 is 11.7 Å². The number of unbranched alkanes of at least 4 members (excludes halogenated alkanes) is 1. The minimum Gasteiger partial charge on any atom is -0.389 e. The Morgan fingerprint density at radius 3 is 2.43 bits per heavy atom. The van der Waals surface area contributed by atoms with Gasteiger partial charge in [-0.25, -0.2) is 4.79 Å². The molecule has 0 aromatic heterocycles. The van der Waals surface area contributed by atoms with E-state index in [2.05, 4.69) is 10.6 Å². The van der Waals surface area contributed by atoms with Crippen molar-refractivity contribution in [1.29, 1.82) is 0 Å². The number of aliphatic hydroxyl groups excluding tert-OH is 1. The molecule has 0 heterocycles. The molecule has 0 aliphatic heterocycles. The summed E-state index contributed by atoms with van der Waals surface area (Å²) in [6.45, 7) is 7.07. The third kappa shape index (κ3) is 7.68. The third-order valence-electron chi connectivity index (χ3n) is 2.96. The van der Waals surface area contributed by atoms with Gasteiger partial charge in [0.15, 0.2) is 0 Å². The Kier molecular flexibility index (Phi) is 7.79. The van der Waals surface area contributed by atoms with Crippen LogP contribution in [0.1, 0.15) is 45.3 Å². The highest BCUT2D eigenvalue weighted by molar-refractivity contribution is 5.89. The number of carbonyl (C=O) groups is 1. The van der Waals surface area contributed by atoms with Crippen LogP contribution in [0.25, 0.3) is 0 Å². The summed E-state index contributed by atoms with van der Waals surface area (Å²) in [5.74, 6) is 0. The fourth-order valence-corrected chi connectivity index (χ4v) is 1.77. The van der Waals surface area contributed by atoms with E-state index < -0.39 is 6.10 Å². The number of carbonyl (C=O) groups excluding carboxylic acids is 1. The third-order valence-corrected chi connectivity index (χ3v) is 2.96. The minimum atomic E-state index is -0.499. The SMILES string of the molecule is CC(C)OCCCCNC(=O)Nc1ccc(C(C)O)cc1. The van der Waals surface area contributed by atoms with Crippen molar-refractivity contribution < 1.29 is 14.6 Å². The zero-order chi connectivity index (χ0) is 15.7. The van der Waals surface area contributed by atoms with Crippen LogP contribution >= 0.6 is 0 Å². The summed E-state index contributed by atoms with van der Waals surface area (Å²) < 4.78 is 5.43. The number of amides is 2. The molecule has 118 valence electrons. The lowest BCUT2D eigenvalue weighted by Gasteiger charge is -2.10. The van der Waals surface area contributed by atoms with Gasteiger partial charge in [-0.15, -0.1) is 0 Å². The summed E-state index contributed by atoms with van der Waals surface area (Å²) in [4.78, 5) is 11.7. The van der Waals surface area contributed by atoms with Crippen LogP contribution in [0.2, 0.25) is 0 Å². The maximum Gasteiger partial charge on any atom is 0.319 e. The molecule has 1 aromatic carbocycles. The molecule has 0 radical (unpaired) electrons. The average Bonchev–Trinajstić information content (AvgIpc) is 2.43. The average molecular weight is 294 g/mol. The van der Waals surface area contributed by atoms with E-state index in [1.807, 2.05) is 13.8 Å². The highest BCUT2D eigenvalue weighted by atomic mass is 16.5. The van der Waals surface area contributed by atoms with Crippen LogP contribution in [0, 0.1) is 0 Å². The molecule has 2 amide bonds. The monoisotopic (exact) mass is 294 g/mol. The van der Waals surface area contributed by atoms with Gasteiger partial charge in [0.25, 0.3) is 0 Å². The molecule has 1 rings (SSSR count). The van der Waals surface area contributed by atoms with Crippen molar-refractivity contribution in [2.45, 2.75) is 45.8 Å². The molecular formula is C16H26N2O3. The maximum absolute atomic E-state index is 11.7. The summed E-state index contributed by atoms with van der Waals surface area (Å²) in [6.07, 6.45) is 1.58. The maximum atomic E-state index is 11.7. The molecule has 1 atom stereocenters. The molecule has 21 heavy (non-hydrogen) atoms. The van der Waals surface area contributed by atoms with E-state index in [-0.39, 0.29) is 12.1 Å². The van der Waals surface area contributed by atoms with E-state index in [0.29, 0.717) is 12.2 Å². The second-order valence-corrected chi connectivity index (χ2v) is 5.31. The predicted octanol–water partition coefficient (Wildman–Crippen LogP) is 3.07. The zero-order valence-corrected chi connectivity index (χ0v) is 13.1. The van der Waals surface area contributed by atoms with Crippen molar-refractivity contribution in [3.05, 3.63) is 29.8 Å². The van der Waals surface area contributed by atoms with Gasteiger partial charge in [-0.3, -0.25) is 0 Å². The largest absolute Gasteiger partial charge is 0.389 e. The Hall–Kier alpha value is -1.59. The zero-order valence-electron chi connectivity index (χ0n) is 13.1. The van der Waals surface area contributed by atoms with Gasteiger partial charge in [0, 0.05) is 18.8 Å². The number of nitrogens with one attached hydrogen (secondary N) is 2. The fourth-order valence-electron chi connectivity index (χ4n) is 1.77. The van der Waals surface area contributed by atoms with Gasteiger partial charge >= 0.3 is 6.03 Å². The quantitative estimate of drug-likeness (QED) is 0.645. The molecule has 1 aromatic rings. The summed E-state index contributed by atoms with van der Waals surface area (Å²) in [6, 6.07) is 6.92. The van der Waals surface area contributed by atoms with Gasteiger partial charge in [-0.1, -0.05) is 12.1 Å². The standard InChI is InChI=1S/C16H26N2O3/c1-12(2)21-11-5-4-10-17-16(20)18-15-8-6-14(7-9-15)13(3)19/h6-9,12-13,19H,4-5,10-11H2,1-3H3,(H2,17,18,20). The molecule has 3 N–H and O–H groups in total. The minimum absolute atomic E-state index is 0.218. The van der Waals surface area contributed by atoms with E-state index in [4.69, 9.17) is 4.74 Å². The second-order valence-electron chi connectivity index (χ2n) is 5.31. The number of benzene rings is 1. The van der Waals surface area contributed by atoms with Crippen molar-refractivity contribution in [3.63, 3.8) is 0 Å². The van der Waals surface area contributed by atoms with Crippen LogP contribution < -0.4 is 10.6 Å².